The summed E-state index contributed by atoms with van der Waals surface area (Å²) in [5.41, 5.74) is 1.79. The van der Waals surface area contributed by atoms with Gasteiger partial charge in [-0.3, -0.25) is 0 Å². The van der Waals surface area contributed by atoms with E-state index in [4.69, 9.17) is 0 Å². The van der Waals surface area contributed by atoms with Crippen molar-refractivity contribution in [3.8, 4) is 0 Å². The van der Waals surface area contributed by atoms with Crippen LogP contribution in [-0.4, -0.2) is 14.7 Å². The largest absolute Gasteiger partial charge is 0.213 e. The van der Waals surface area contributed by atoms with Crippen molar-refractivity contribution < 1.29 is 12.8 Å². The van der Waals surface area contributed by atoms with Crippen LogP contribution in [-0.2, 0) is 16.4 Å². The van der Waals surface area contributed by atoms with Crippen LogP contribution in [0.5, 0.6) is 0 Å². The van der Waals surface area contributed by atoms with Crippen LogP contribution in [0.3, 0.4) is 0 Å². The molecule has 0 amide bonds. The van der Waals surface area contributed by atoms with E-state index in [1.54, 1.807) is 6.07 Å². The maximum Gasteiger partial charge on any atom is 0.209 e. The molecule has 0 bridgehead atoms. The van der Waals surface area contributed by atoms with Crippen molar-refractivity contribution >= 4 is 10.0 Å². The van der Waals surface area contributed by atoms with Gasteiger partial charge in [-0.25, -0.2) is 17.5 Å². The van der Waals surface area contributed by atoms with Crippen molar-refractivity contribution in [2.45, 2.75) is 18.9 Å². The zero-order valence-electron chi connectivity index (χ0n) is 8.33. The van der Waals surface area contributed by atoms with Crippen molar-refractivity contribution in [1.29, 1.82) is 0 Å². The number of hydrogen-bond donors (Lipinski definition) is 1. The third kappa shape index (κ3) is 2.35. The van der Waals surface area contributed by atoms with Crippen molar-refractivity contribution in [3.05, 3.63) is 35.1 Å². The smallest absolute Gasteiger partial charge is 0.209 e. The van der Waals surface area contributed by atoms with Crippen LogP contribution in [0.15, 0.2) is 18.2 Å². The molecule has 1 aliphatic carbocycles. The number of hydrogen-bond acceptors (Lipinski definition) is 2. The van der Waals surface area contributed by atoms with Gasteiger partial charge in [-0.1, -0.05) is 6.07 Å². The molecule has 82 valence electrons. The lowest BCUT2D eigenvalue weighted by atomic mass is 10.1. The fraction of sp³-hybridized carbons (Fsp3) is 0.400. The lowest BCUT2D eigenvalue weighted by Gasteiger charge is -2.11. The van der Waals surface area contributed by atoms with Crippen molar-refractivity contribution in [2.24, 2.45) is 0 Å². The van der Waals surface area contributed by atoms with Crippen molar-refractivity contribution in [1.82, 2.24) is 4.72 Å². The van der Waals surface area contributed by atoms with Gasteiger partial charge in [0.2, 0.25) is 10.0 Å². The van der Waals surface area contributed by atoms with Gasteiger partial charge in [-0.2, -0.15) is 0 Å². The van der Waals surface area contributed by atoms with Crippen LogP contribution in [0.2, 0.25) is 0 Å². The number of aryl methyl sites for hydroxylation is 1. The fourth-order valence-electron chi connectivity index (χ4n) is 1.97. The highest BCUT2D eigenvalue weighted by Crippen LogP contribution is 2.31. The minimum Gasteiger partial charge on any atom is -0.213 e. The lowest BCUT2D eigenvalue weighted by molar-refractivity contribution is 0.560. The molecular weight excluding hydrogens is 217 g/mol. The van der Waals surface area contributed by atoms with E-state index in [0.717, 1.165) is 23.8 Å². The molecule has 0 heterocycles. The lowest BCUT2D eigenvalue weighted by Crippen LogP contribution is -2.25. The number of sulfonamides is 1. The summed E-state index contributed by atoms with van der Waals surface area (Å²) in [5.74, 6) is -0.270. The van der Waals surface area contributed by atoms with Gasteiger partial charge in [0.25, 0.3) is 0 Å². The molecule has 1 aromatic carbocycles. The van der Waals surface area contributed by atoms with Gasteiger partial charge in [-0.15, -0.1) is 0 Å². The van der Waals surface area contributed by atoms with Gasteiger partial charge in [-0.05, 0) is 36.1 Å². The topological polar surface area (TPSA) is 46.2 Å². The highest BCUT2D eigenvalue weighted by atomic mass is 32.2. The first-order chi connectivity index (χ1) is 6.96. The first kappa shape index (κ1) is 10.6. The Hall–Kier alpha value is -0.940. The summed E-state index contributed by atoms with van der Waals surface area (Å²) in [5, 5.41) is 0. The molecule has 5 heteroatoms. The molecule has 0 saturated heterocycles. The predicted octanol–water partition coefficient (Wildman–Crippen LogP) is 1.36. The zero-order chi connectivity index (χ0) is 11.1. The van der Waals surface area contributed by atoms with Gasteiger partial charge >= 0.3 is 0 Å². The second kappa shape index (κ2) is 3.57. The average Bonchev–Trinajstić information content (AvgIpc) is 2.45. The van der Waals surface area contributed by atoms with Gasteiger partial charge in [0.05, 0.1) is 6.26 Å². The minimum atomic E-state index is -3.20. The Kier molecular flexibility index (Phi) is 2.52. The van der Waals surface area contributed by atoms with E-state index in [2.05, 4.69) is 4.72 Å². The molecule has 1 atom stereocenters. The molecule has 0 saturated carbocycles. The SMILES string of the molecule is CS(=O)(=O)NC1CCc2cc(F)ccc21. The molecule has 15 heavy (non-hydrogen) atoms. The van der Waals surface area contributed by atoms with Crippen LogP contribution in [0.4, 0.5) is 4.39 Å². The Labute approximate surface area is 88.4 Å². The van der Waals surface area contributed by atoms with Crippen LogP contribution in [0.25, 0.3) is 0 Å². The van der Waals surface area contributed by atoms with Gasteiger partial charge < -0.3 is 0 Å². The first-order valence-electron chi connectivity index (χ1n) is 4.71. The quantitative estimate of drug-likeness (QED) is 0.832. The predicted molar refractivity (Wildman–Crippen MR) is 55.4 cm³/mol. The van der Waals surface area contributed by atoms with Crippen LogP contribution < -0.4 is 4.72 Å². The molecular formula is C10H12FNO2S. The Morgan fingerprint density at radius 2 is 2.20 bits per heavy atom. The molecule has 3 nitrogen and oxygen atoms in total. The van der Waals surface area contributed by atoms with E-state index in [1.165, 1.54) is 12.1 Å². The molecule has 0 aliphatic heterocycles. The molecule has 1 N–H and O–H groups in total. The molecule has 2 rings (SSSR count). The summed E-state index contributed by atoms with van der Waals surface area (Å²) in [7, 11) is -3.20. The van der Waals surface area contributed by atoms with Crippen LogP contribution in [0, 0.1) is 5.82 Å². The highest BCUT2D eigenvalue weighted by Gasteiger charge is 2.24. The second-order valence-electron chi connectivity index (χ2n) is 3.82. The van der Waals surface area contributed by atoms with Crippen molar-refractivity contribution in [2.75, 3.05) is 6.26 Å². The summed E-state index contributed by atoms with van der Waals surface area (Å²) >= 11 is 0. The number of nitrogens with one attached hydrogen (secondary N) is 1. The fourth-order valence-corrected chi connectivity index (χ4v) is 2.73. The van der Waals surface area contributed by atoms with Gasteiger partial charge in [0.15, 0.2) is 0 Å². The van der Waals surface area contributed by atoms with E-state index >= 15 is 0 Å². The molecule has 1 aromatic rings. The van der Waals surface area contributed by atoms with E-state index in [0.29, 0.717) is 6.42 Å². The van der Waals surface area contributed by atoms with Crippen LogP contribution >= 0.6 is 0 Å². The summed E-state index contributed by atoms with van der Waals surface area (Å²) in [4.78, 5) is 0. The Balaban J connectivity index is 2.29. The van der Waals surface area contributed by atoms with E-state index in [-0.39, 0.29) is 11.9 Å². The van der Waals surface area contributed by atoms with E-state index in [1.807, 2.05) is 0 Å². The van der Waals surface area contributed by atoms with Gasteiger partial charge in [0, 0.05) is 6.04 Å². The molecule has 0 aromatic heterocycles. The Morgan fingerprint density at radius 3 is 2.87 bits per heavy atom. The average molecular weight is 229 g/mol. The summed E-state index contributed by atoms with van der Waals surface area (Å²) < 4.78 is 37.6. The summed E-state index contributed by atoms with van der Waals surface area (Å²) in [6, 6.07) is 4.29. The first-order valence-corrected chi connectivity index (χ1v) is 6.60. The van der Waals surface area contributed by atoms with E-state index in [9.17, 15) is 12.8 Å². The van der Waals surface area contributed by atoms with Gasteiger partial charge in [0.1, 0.15) is 5.82 Å². The molecule has 0 spiro atoms. The molecule has 1 unspecified atom stereocenters. The highest BCUT2D eigenvalue weighted by molar-refractivity contribution is 7.88. The zero-order valence-corrected chi connectivity index (χ0v) is 9.14. The number of fused-ring (bicyclic) bond motifs is 1. The van der Waals surface area contributed by atoms with Crippen LogP contribution in [0.1, 0.15) is 23.6 Å². The number of halogens is 1. The second-order valence-corrected chi connectivity index (χ2v) is 5.60. The third-order valence-corrected chi connectivity index (χ3v) is 3.25. The monoisotopic (exact) mass is 229 g/mol. The standard InChI is InChI=1S/C10H12FNO2S/c1-15(13,14)12-10-5-2-7-6-8(11)3-4-9(7)10/h3-4,6,10,12H,2,5H2,1H3. The summed E-state index contributed by atoms with van der Waals surface area (Å²) in [6.07, 6.45) is 2.56. The number of benzene rings is 1. The normalized spacial score (nSPS) is 20.3. The Morgan fingerprint density at radius 1 is 1.47 bits per heavy atom. The maximum absolute atomic E-state index is 12.9. The van der Waals surface area contributed by atoms with Crippen molar-refractivity contribution in [3.63, 3.8) is 0 Å². The van der Waals surface area contributed by atoms with E-state index < -0.39 is 10.0 Å². The molecule has 0 radical (unpaired) electrons. The minimum absolute atomic E-state index is 0.199. The third-order valence-electron chi connectivity index (χ3n) is 2.54. The Bertz CT molecular complexity index is 484. The molecule has 0 fully saturated rings. The maximum atomic E-state index is 12.9. The number of rotatable bonds is 2. The molecule has 1 aliphatic rings. The summed E-state index contributed by atoms with van der Waals surface area (Å²) in [6.45, 7) is 0.